The number of carbonyl (C=O) groups is 1. The lowest BCUT2D eigenvalue weighted by Gasteiger charge is -2.26. The molecule has 1 N–H and O–H groups in total. The Hall–Kier alpha value is -1.49. The molecule has 0 bridgehead atoms. The van der Waals surface area contributed by atoms with E-state index in [4.69, 9.17) is 5.11 Å². The molecule has 0 unspecified atom stereocenters. The second-order valence-electron chi connectivity index (χ2n) is 4.81. The van der Waals surface area contributed by atoms with Gasteiger partial charge in [-0.2, -0.15) is 0 Å². The predicted octanol–water partition coefficient (Wildman–Crippen LogP) is 3.04. The van der Waals surface area contributed by atoms with Gasteiger partial charge in [-0.05, 0) is 44.5 Å². The van der Waals surface area contributed by atoms with Crippen LogP contribution in [-0.4, -0.2) is 28.6 Å². The fourth-order valence-electron chi connectivity index (χ4n) is 1.83. The topological polar surface area (TPSA) is 40.5 Å². The van der Waals surface area contributed by atoms with E-state index in [1.165, 1.54) is 6.07 Å². The van der Waals surface area contributed by atoms with Gasteiger partial charge in [-0.3, -0.25) is 9.69 Å². The average molecular weight is 271 g/mol. The summed E-state index contributed by atoms with van der Waals surface area (Å²) < 4.78 is 25.9. The quantitative estimate of drug-likeness (QED) is 0.828. The Morgan fingerprint density at radius 3 is 2.53 bits per heavy atom. The molecule has 0 saturated heterocycles. The van der Waals surface area contributed by atoms with E-state index in [2.05, 4.69) is 0 Å². The fourth-order valence-corrected chi connectivity index (χ4v) is 1.83. The first-order valence-electron chi connectivity index (χ1n) is 6.30. The van der Waals surface area contributed by atoms with Crippen molar-refractivity contribution in [3.63, 3.8) is 0 Å². The molecule has 5 heteroatoms. The second kappa shape index (κ2) is 7.19. The summed E-state index contributed by atoms with van der Waals surface area (Å²) in [5.41, 5.74) is 0.683. The van der Waals surface area contributed by atoms with E-state index in [1.54, 1.807) is 6.07 Å². The van der Waals surface area contributed by atoms with Gasteiger partial charge in [0.25, 0.3) is 0 Å². The lowest BCUT2D eigenvalue weighted by atomic mass is 10.1. The van der Waals surface area contributed by atoms with E-state index in [-0.39, 0.29) is 12.5 Å². The van der Waals surface area contributed by atoms with Crippen LogP contribution in [0.1, 0.15) is 32.3 Å². The van der Waals surface area contributed by atoms with E-state index in [0.29, 0.717) is 25.1 Å². The van der Waals surface area contributed by atoms with Crippen LogP contribution in [0.2, 0.25) is 0 Å². The molecular weight excluding hydrogens is 252 g/mol. The molecule has 0 spiro atoms. The number of nitrogens with zero attached hydrogens (tertiary/aromatic N) is 1. The summed E-state index contributed by atoms with van der Waals surface area (Å²) in [6, 6.07) is 4.05. The number of hydrogen-bond acceptors (Lipinski definition) is 2. The van der Waals surface area contributed by atoms with Crippen LogP contribution in [0.3, 0.4) is 0 Å². The number of carboxylic acids is 1. The van der Waals surface area contributed by atoms with Crippen molar-refractivity contribution < 1.29 is 18.7 Å². The zero-order chi connectivity index (χ0) is 14.4. The summed E-state index contributed by atoms with van der Waals surface area (Å²) in [6.07, 6.45) is 0.651. The number of halogens is 2. The Kier molecular flexibility index (Phi) is 5.89. The Balaban J connectivity index is 2.62. The van der Waals surface area contributed by atoms with Gasteiger partial charge >= 0.3 is 5.97 Å². The lowest BCUT2D eigenvalue weighted by Crippen LogP contribution is -2.31. The van der Waals surface area contributed by atoms with Crippen LogP contribution >= 0.6 is 0 Å². The molecule has 0 heterocycles. The van der Waals surface area contributed by atoms with E-state index in [0.717, 1.165) is 6.07 Å². The van der Waals surface area contributed by atoms with Crippen LogP contribution in [-0.2, 0) is 11.3 Å². The Labute approximate surface area is 111 Å². The zero-order valence-electron chi connectivity index (χ0n) is 11.2. The summed E-state index contributed by atoms with van der Waals surface area (Å²) in [6.45, 7) is 5.07. The van der Waals surface area contributed by atoms with Gasteiger partial charge in [-0.1, -0.05) is 6.07 Å². The highest BCUT2D eigenvalue weighted by Gasteiger charge is 2.12. The third-order valence-corrected chi connectivity index (χ3v) is 2.94. The van der Waals surface area contributed by atoms with Crippen molar-refractivity contribution >= 4 is 5.97 Å². The van der Waals surface area contributed by atoms with Gasteiger partial charge in [-0.15, -0.1) is 0 Å². The fraction of sp³-hybridized carbons (Fsp3) is 0.500. The molecule has 19 heavy (non-hydrogen) atoms. The van der Waals surface area contributed by atoms with Crippen LogP contribution in [0.25, 0.3) is 0 Å². The Morgan fingerprint density at radius 2 is 2.00 bits per heavy atom. The highest BCUT2D eigenvalue weighted by molar-refractivity contribution is 5.66. The van der Waals surface area contributed by atoms with Crippen LogP contribution in [0, 0.1) is 11.6 Å². The molecule has 1 aromatic rings. The molecule has 0 aromatic heterocycles. The van der Waals surface area contributed by atoms with Crippen LogP contribution in [0.4, 0.5) is 8.78 Å². The van der Waals surface area contributed by atoms with Gasteiger partial charge in [0.15, 0.2) is 11.6 Å². The number of carboxylic acid groups (broad SMARTS) is 1. The van der Waals surface area contributed by atoms with Crippen LogP contribution in [0.15, 0.2) is 18.2 Å². The van der Waals surface area contributed by atoms with Crippen molar-refractivity contribution in [2.45, 2.75) is 39.3 Å². The summed E-state index contributed by atoms with van der Waals surface area (Å²) in [5.74, 6) is -2.53. The monoisotopic (exact) mass is 271 g/mol. The minimum Gasteiger partial charge on any atom is -0.481 e. The van der Waals surface area contributed by atoms with Crippen LogP contribution in [0.5, 0.6) is 0 Å². The number of rotatable bonds is 7. The van der Waals surface area contributed by atoms with Crippen molar-refractivity contribution in [2.24, 2.45) is 0 Å². The highest BCUT2D eigenvalue weighted by atomic mass is 19.2. The second-order valence-corrected chi connectivity index (χ2v) is 4.81. The lowest BCUT2D eigenvalue weighted by molar-refractivity contribution is -0.137. The molecule has 0 atom stereocenters. The van der Waals surface area contributed by atoms with Crippen molar-refractivity contribution in [3.8, 4) is 0 Å². The molecule has 0 saturated carbocycles. The molecular formula is C14H19F2NO2. The van der Waals surface area contributed by atoms with E-state index in [1.807, 2.05) is 18.7 Å². The van der Waals surface area contributed by atoms with Gasteiger partial charge in [0.1, 0.15) is 0 Å². The average Bonchev–Trinajstić information content (AvgIpc) is 2.32. The maximum absolute atomic E-state index is 13.1. The van der Waals surface area contributed by atoms with E-state index in [9.17, 15) is 13.6 Å². The van der Waals surface area contributed by atoms with Crippen molar-refractivity contribution in [2.75, 3.05) is 6.54 Å². The minimum absolute atomic E-state index is 0.112. The van der Waals surface area contributed by atoms with Gasteiger partial charge in [0, 0.05) is 19.0 Å². The molecule has 0 radical (unpaired) electrons. The number of aliphatic carboxylic acids is 1. The summed E-state index contributed by atoms with van der Waals surface area (Å²) >= 11 is 0. The van der Waals surface area contributed by atoms with Gasteiger partial charge in [0.05, 0.1) is 0 Å². The Morgan fingerprint density at radius 1 is 1.32 bits per heavy atom. The molecule has 0 fully saturated rings. The standard InChI is InChI=1S/C14H19F2NO2/c1-10(2)17(7-3-4-14(18)19)9-11-5-6-12(15)13(16)8-11/h5-6,8,10H,3-4,7,9H2,1-2H3,(H,18,19). The molecule has 0 aliphatic rings. The molecule has 1 rings (SSSR count). The normalized spacial score (nSPS) is 11.3. The van der Waals surface area contributed by atoms with Crippen LogP contribution < -0.4 is 0 Å². The summed E-state index contributed by atoms with van der Waals surface area (Å²) in [7, 11) is 0. The first kappa shape index (κ1) is 15.6. The number of benzene rings is 1. The highest BCUT2D eigenvalue weighted by Crippen LogP contribution is 2.13. The first-order chi connectivity index (χ1) is 8.90. The van der Waals surface area contributed by atoms with E-state index >= 15 is 0 Å². The molecule has 106 valence electrons. The first-order valence-corrected chi connectivity index (χ1v) is 6.30. The largest absolute Gasteiger partial charge is 0.481 e. The minimum atomic E-state index is -0.856. The molecule has 0 aliphatic heterocycles. The number of hydrogen-bond donors (Lipinski definition) is 1. The van der Waals surface area contributed by atoms with Crippen molar-refractivity contribution in [1.82, 2.24) is 4.90 Å². The summed E-state index contributed by atoms with van der Waals surface area (Å²) in [5, 5.41) is 8.61. The molecule has 0 amide bonds. The maximum Gasteiger partial charge on any atom is 0.303 e. The predicted molar refractivity (Wildman–Crippen MR) is 68.8 cm³/mol. The summed E-state index contributed by atoms with van der Waals surface area (Å²) in [4.78, 5) is 12.5. The third-order valence-electron chi connectivity index (χ3n) is 2.94. The molecule has 0 aliphatic carbocycles. The van der Waals surface area contributed by atoms with Crippen molar-refractivity contribution in [3.05, 3.63) is 35.4 Å². The van der Waals surface area contributed by atoms with Gasteiger partial charge in [0.2, 0.25) is 0 Å². The zero-order valence-corrected chi connectivity index (χ0v) is 11.2. The van der Waals surface area contributed by atoms with Gasteiger partial charge in [-0.25, -0.2) is 8.78 Å². The molecule has 1 aromatic carbocycles. The van der Waals surface area contributed by atoms with Gasteiger partial charge < -0.3 is 5.11 Å². The smallest absolute Gasteiger partial charge is 0.303 e. The third kappa shape index (κ3) is 5.34. The van der Waals surface area contributed by atoms with E-state index < -0.39 is 17.6 Å². The SMILES string of the molecule is CC(C)N(CCCC(=O)O)Cc1ccc(F)c(F)c1. The maximum atomic E-state index is 13.1. The Bertz CT molecular complexity index is 435. The molecule has 3 nitrogen and oxygen atoms in total. The van der Waals surface area contributed by atoms with Crippen molar-refractivity contribution in [1.29, 1.82) is 0 Å².